The van der Waals surface area contributed by atoms with Crippen LogP contribution < -0.4 is 36.8 Å². The summed E-state index contributed by atoms with van der Waals surface area (Å²) in [7, 11) is 24.0. The molecule has 0 aromatic heterocycles. The van der Waals surface area contributed by atoms with Gasteiger partial charge in [0.15, 0.2) is 0 Å². The van der Waals surface area contributed by atoms with Gasteiger partial charge in [0.25, 0.3) is 12.2 Å². The van der Waals surface area contributed by atoms with Crippen LogP contribution in [0.1, 0.15) is 22.3 Å². The van der Waals surface area contributed by atoms with Crippen LogP contribution in [0.15, 0.2) is 174 Å². The zero-order valence-corrected chi connectivity index (χ0v) is 63.6. The molecule has 34 heteroatoms. The van der Waals surface area contributed by atoms with Crippen molar-refractivity contribution in [2.24, 2.45) is 0 Å². The molecule has 434 valence electrons. The fourth-order valence-electron chi connectivity index (χ4n) is 7.87. The van der Waals surface area contributed by atoms with Gasteiger partial charge in [-0.15, -0.1) is 15.8 Å². The van der Waals surface area contributed by atoms with Crippen molar-refractivity contribution in [1.29, 1.82) is 21.0 Å². The molecule has 0 N–H and O–H groups in total. The largest absolute Gasteiger partial charge is 0.458 e. The molecule has 0 amide bonds. The summed E-state index contributed by atoms with van der Waals surface area (Å²) in [6.45, 7) is -0.322. The Balaban J connectivity index is 0.000000210. The standard InChI is InChI=1S/C26H14BFN2O.C14H6BrFN2.C12H8BBrO.S9.S8.S5/c28-26-18(16-30)8-6-10-20(26)19-9-5-7-17(15-29)25(19)27-21-11-1-3-13-23(21)31-24-14-4-2-12-22(24)27;15-13-9(7-17)3-1-5-11(13)12-6-2-4-10(8-18)14(12)16;14-13-9-5-1-3-7-11(9)15-12-8-4-2-6-10(12)13;1-3-5-7-9-8-6-4-2;1-3-5-7-8-6-4-2;1-3-5-4-2/h1-14H;1-6H;1-8H;;;. The SMILES string of the molecule is BrB1c2ccccc2Oc2ccccc21.N#Cc1cccc(-c2cccc(C#N)c2B2c3ccccc3Oc3ccccc32)c1F.N#Cc1cccc(-c2cccc(C#N)c2Br)c1F.S=S=S=S=S.S=S=S=S=S=S=S=S.S=S=S=S=S=S=S=S=S. The summed E-state index contributed by atoms with van der Waals surface area (Å²) in [6.07, 6.45) is 0. The normalized spacial score (nSPS) is 10.0. The summed E-state index contributed by atoms with van der Waals surface area (Å²) in [6, 6.07) is 59.3. The molecule has 6 nitrogen and oxygen atoms in total. The van der Waals surface area contributed by atoms with Gasteiger partial charge in [-0.3, -0.25) is 0 Å². The number of nitriles is 4. The van der Waals surface area contributed by atoms with Crippen molar-refractivity contribution >= 4 is 280 Å². The van der Waals surface area contributed by atoms with Gasteiger partial charge in [-0.1, -0.05) is 121 Å². The maximum Gasteiger partial charge on any atom is 0.295 e. The summed E-state index contributed by atoms with van der Waals surface area (Å²) >= 11 is 34.4. The molecule has 0 bridgehead atoms. The van der Waals surface area contributed by atoms with Crippen LogP contribution in [0.2, 0.25) is 0 Å². The van der Waals surface area contributed by atoms with E-state index in [4.69, 9.17) is 20.0 Å². The molecule has 2 aliphatic rings. The molecule has 0 spiro atoms. The molecular formula is C52H28B2Br2F2N4O2S22. The zero-order chi connectivity index (χ0) is 62.1. The second kappa shape index (κ2) is 42.2. The van der Waals surface area contributed by atoms with Crippen LogP contribution in [0.4, 0.5) is 8.78 Å². The lowest BCUT2D eigenvalue weighted by atomic mass is 9.34. The van der Waals surface area contributed by atoms with Gasteiger partial charge in [-0.05, 0) is 97.3 Å². The molecule has 0 atom stereocenters. The fraction of sp³-hybridized carbons (Fsp3) is 0. The molecule has 8 aromatic rings. The van der Waals surface area contributed by atoms with Gasteiger partial charge in [0.1, 0.15) is 52.8 Å². The number of halogens is 4. The summed E-state index contributed by atoms with van der Waals surface area (Å²) in [5, 5.41) is 37.0. The highest BCUT2D eigenvalue weighted by Gasteiger charge is 2.36. The topological polar surface area (TPSA) is 114 Å². The molecule has 0 saturated carbocycles. The lowest BCUT2D eigenvalue weighted by Gasteiger charge is -2.28. The third-order valence-electron chi connectivity index (χ3n) is 11.1. The number of hydrogen-bond acceptors (Lipinski definition) is 12. The Morgan fingerprint density at radius 1 is 0.349 bits per heavy atom. The van der Waals surface area contributed by atoms with E-state index in [1.807, 2.05) is 97.1 Å². The predicted molar refractivity (Wildman–Crippen MR) is 417 cm³/mol. The molecule has 0 unspecified atom stereocenters. The van der Waals surface area contributed by atoms with E-state index in [1.54, 1.807) is 147 Å². The van der Waals surface area contributed by atoms with E-state index in [2.05, 4.69) is 117 Å². The van der Waals surface area contributed by atoms with E-state index >= 15 is 4.39 Å². The van der Waals surface area contributed by atoms with Crippen LogP contribution in [-0.4, -0.2) is 12.2 Å². The third kappa shape index (κ3) is 21.9. The average molecular weight is 1670 g/mol. The van der Waals surface area contributed by atoms with Gasteiger partial charge in [-0.2, -0.15) is 21.0 Å². The lowest BCUT2D eigenvalue weighted by Crippen LogP contribution is -2.56. The summed E-state index contributed by atoms with van der Waals surface area (Å²) in [5.41, 5.74) is 7.71. The number of nitrogens with zero attached hydrogens (tertiary/aromatic N) is 4. The minimum absolute atomic E-state index is 0.0123. The molecule has 0 aliphatic carbocycles. The highest BCUT2D eigenvalue weighted by Crippen LogP contribution is 2.34. The van der Waals surface area contributed by atoms with Crippen molar-refractivity contribution in [3.05, 3.63) is 208 Å². The molecule has 2 heterocycles. The van der Waals surface area contributed by atoms with Crippen molar-refractivity contribution in [2.45, 2.75) is 0 Å². The van der Waals surface area contributed by atoms with Crippen molar-refractivity contribution < 1.29 is 18.3 Å². The third-order valence-corrected chi connectivity index (χ3v) is 41.8. The van der Waals surface area contributed by atoms with Gasteiger partial charge in [-0.25, -0.2) is 8.78 Å². The number of rotatable bonds is 3. The first-order valence-electron chi connectivity index (χ1n) is 22.9. The maximum absolute atomic E-state index is 15.2. The molecular weight excluding hydrogens is 1640 g/mol. The minimum atomic E-state index is -0.588. The Labute approximate surface area is 588 Å². The van der Waals surface area contributed by atoms with Crippen LogP contribution in [0.5, 0.6) is 23.0 Å². The van der Waals surface area contributed by atoms with Gasteiger partial charge >= 0.3 is 0 Å². The molecule has 86 heavy (non-hydrogen) atoms. The molecule has 8 aromatic carbocycles. The molecule has 0 radical (unpaired) electrons. The number of benzene rings is 8. The number of ether oxygens (including phenoxy) is 2. The number of para-hydroxylation sites is 4. The zero-order valence-electron chi connectivity index (χ0n) is 42.4. The Morgan fingerprint density at radius 2 is 0.651 bits per heavy atom. The Kier molecular flexibility index (Phi) is 36.3. The first-order valence-corrected chi connectivity index (χ1v) is 49.9. The van der Waals surface area contributed by atoms with E-state index in [1.165, 1.54) is 85.2 Å². The van der Waals surface area contributed by atoms with E-state index in [-0.39, 0.29) is 23.4 Å². The molecule has 0 saturated heterocycles. The lowest BCUT2D eigenvalue weighted by molar-refractivity contribution is 0.487. The van der Waals surface area contributed by atoms with Crippen LogP contribution in [0, 0.1) is 57.0 Å². The van der Waals surface area contributed by atoms with Crippen molar-refractivity contribution in [2.75, 3.05) is 0 Å². The van der Waals surface area contributed by atoms with Gasteiger partial charge < -0.3 is 9.47 Å². The van der Waals surface area contributed by atoms with Crippen LogP contribution in [0.3, 0.4) is 0 Å². The number of fused-ring (bicyclic) bond motifs is 4. The Morgan fingerprint density at radius 3 is 1.02 bits per heavy atom. The molecule has 0 fully saturated rings. The quantitative estimate of drug-likeness (QED) is 0.157. The van der Waals surface area contributed by atoms with Crippen LogP contribution in [-0.2, 0) is 209 Å². The molecule has 10 rings (SSSR count). The predicted octanol–water partition coefficient (Wildman–Crippen LogP) is 10.1. The highest BCUT2D eigenvalue weighted by molar-refractivity contribution is 9.25. The summed E-state index contributed by atoms with van der Waals surface area (Å²) in [4.78, 5) is 0. The smallest absolute Gasteiger partial charge is 0.295 e. The van der Waals surface area contributed by atoms with Gasteiger partial charge in [0.2, 0.25) is 0 Å². The Bertz CT molecular complexity index is 4570. The fourth-order valence-corrected chi connectivity index (χ4v) is 36.6. The first-order chi connectivity index (χ1) is 42.0. The van der Waals surface area contributed by atoms with Gasteiger partial charge in [0, 0.05) is 236 Å². The van der Waals surface area contributed by atoms with Crippen LogP contribution in [0.25, 0.3) is 22.3 Å². The second-order valence-electron chi connectivity index (χ2n) is 15.5. The summed E-state index contributed by atoms with van der Waals surface area (Å²) in [5.74, 6) is 2.13. The van der Waals surface area contributed by atoms with Crippen molar-refractivity contribution in [3.8, 4) is 69.5 Å². The Hall–Kier alpha value is -2.89. The van der Waals surface area contributed by atoms with Crippen LogP contribution >= 0.6 is 31.7 Å². The monoisotopic (exact) mass is 1660 g/mol. The number of hydrogen-bond donors (Lipinski definition) is 0. The van der Waals surface area contributed by atoms with E-state index in [9.17, 15) is 14.9 Å². The van der Waals surface area contributed by atoms with E-state index < -0.39 is 11.6 Å². The highest BCUT2D eigenvalue weighted by atomic mass is 79.9. The average Bonchev–Trinajstić information content (AvgIpc) is 0.886. The minimum Gasteiger partial charge on any atom is -0.458 e. The first kappa shape index (κ1) is 73.8. The van der Waals surface area contributed by atoms with E-state index in [0.29, 0.717) is 54.8 Å². The van der Waals surface area contributed by atoms with Crippen molar-refractivity contribution in [1.82, 2.24) is 0 Å². The van der Waals surface area contributed by atoms with E-state index in [0.717, 1.165) is 22.4 Å². The maximum atomic E-state index is 15.2. The van der Waals surface area contributed by atoms with Crippen molar-refractivity contribution in [3.63, 3.8) is 0 Å². The second-order valence-corrected chi connectivity index (χ2v) is 45.5. The summed E-state index contributed by atoms with van der Waals surface area (Å²) < 4.78 is 41.7. The molecule has 2 aliphatic heterocycles. The van der Waals surface area contributed by atoms with Gasteiger partial charge in [0.05, 0.1) is 22.8 Å².